The highest BCUT2D eigenvalue weighted by atomic mass is 16.5. The molecule has 0 saturated heterocycles. The van der Waals surface area contributed by atoms with E-state index in [0.29, 0.717) is 19.4 Å². The van der Waals surface area contributed by atoms with Gasteiger partial charge in [-0.25, -0.2) is 0 Å². The third-order valence-corrected chi connectivity index (χ3v) is 6.22. The van der Waals surface area contributed by atoms with Crippen LogP contribution in [-0.4, -0.2) is 22.7 Å². The molecule has 4 aromatic rings. The number of aliphatic carboxylic acids is 1. The smallest absolute Gasteiger partial charge is 0.303 e. The predicted molar refractivity (Wildman–Crippen MR) is 142 cm³/mol. The minimum Gasteiger partial charge on any atom is -0.494 e. The Bertz CT molecular complexity index is 1280. The Labute approximate surface area is 211 Å². The Morgan fingerprint density at radius 3 is 2.17 bits per heavy atom. The van der Waals surface area contributed by atoms with E-state index in [0.717, 1.165) is 35.3 Å². The molecule has 5 nitrogen and oxygen atoms in total. The number of aromatic nitrogens is 1. The van der Waals surface area contributed by atoms with Crippen molar-refractivity contribution < 1.29 is 14.6 Å². The summed E-state index contributed by atoms with van der Waals surface area (Å²) in [5, 5.41) is 8.75. The number of aryl methyl sites for hydroxylation is 2. The van der Waals surface area contributed by atoms with Crippen LogP contribution in [0.5, 0.6) is 5.75 Å². The SMILES string of the molecule is O=C(O)CCCOc1cccc(CCCc2cc(C(c3ccccc3)c3ccccc3)c[nH]c2=O)c1. The van der Waals surface area contributed by atoms with Gasteiger partial charge < -0.3 is 14.8 Å². The average molecular weight is 482 g/mol. The number of rotatable bonds is 12. The van der Waals surface area contributed by atoms with Crippen LogP contribution in [0, 0.1) is 0 Å². The summed E-state index contributed by atoms with van der Waals surface area (Å²) in [6.07, 6.45) is 4.73. The van der Waals surface area contributed by atoms with Crippen LogP contribution in [0.3, 0.4) is 0 Å². The highest BCUT2D eigenvalue weighted by molar-refractivity contribution is 5.66. The van der Waals surface area contributed by atoms with Crippen LogP contribution < -0.4 is 10.3 Å². The topological polar surface area (TPSA) is 79.4 Å². The molecule has 0 unspecified atom stereocenters. The maximum atomic E-state index is 12.6. The van der Waals surface area contributed by atoms with Gasteiger partial charge in [0.25, 0.3) is 5.56 Å². The third-order valence-electron chi connectivity index (χ3n) is 6.22. The molecule has 1 heterocycles. The van der Waals surface area contributed by atoms with Crippen molar-refractivity contribution in [3.05, 3.63) is 135 Å². The van der Waals surface area contributed by atoms with E-state index in [9.17, 15) is 9.59 Å². The van der Waals surface area contributed by atoms with Crippen molar-refractivity contribution in [3.63, 3.8) is 0 Å². The van der Waals surface area contributed by atoms with Gasteiger partial charge in [-0.05, 0) is 66.1 Å². The summed E-state index contributed by atoms with van der Waals surface area (Å²) in [7, 11) is 0. The van der Waals surface area contributed by atoms with Gasteiger partial charge in [0.05, 0.1) is 6.61 Å². The van der Waals surface area contributed by atoms with Crippen LogP contribution in [0.2, 0.25) is 0 Å². The molecule has 0 atom stereocenters. The molecule has 0 fully saturated rings. The van der Waals surface area contributed by atoms with Gasteiger partial charge in [-0.2, -0.15) is 0 Å². The number of hydrogen-bond donors (Lipinski definition) is 2. The maximum absolute atomic E-state index is 12.6. The van der Waals surface area contributed by atoms with Crippen LogP contribution in [0.15, 0.2) is 102 Å². The first kappa shape index (κ1) is 25.0. The minimum atomic E-state index is -0.815. The second-order valence-electron chi connectivity index (χ2n) is 8.89. The predicted octanol–water partition coefficient (Wildman–Crippen LogP) is 5.97. The van der Waals surface area contributed by atoms with Crippen LogP contribution in [0.4, 0.5) is 0 Å². The van der Waals surface area contributed by atoms with Crippen molar-refractivity contribution in [1.29, 1.82) is 0 Å². The lowest BCUT2D eigenvalue weighted by Crippen LogP contribution is -2.15. The molecule has 0 aliphatic carbocycles. The summed E-state index contributed by atoms with van der Waals surface area (Å²) in [5.41, 5.74) is 5.30. The second kappa shape index (κ2) is 12.5. The van der Waals surface area contributed by atoms with Crippen molar-refractivity contribution in [2.24, 2.45) is 0 Å². The number of nitrogens with one attached hydrogen (secondary N) is 1. The molecule has 4 rings (SSSR count). The lowest BCUT2D eigenvalue weighted by molar-refractivity contribution is -0.137. The molecule has 5 heteroatoms. The molecule has 36 heavy (non-hydrogen) atoms. The van der Waals surface area contributed by atoms with Gasteiger partial charge in [-0.15, -0.1) is 0 Å². The minimum absolute atomic E-state index is 0.0398. The standard InChI is InChI=1S/C31H31NO4/c33-29(34)18-9-19-36-28-17-8-11-23(20-28)10-7-16-26-21-27(22-32-31(26)35)30(24-12-3-1-4-13-24)25-14-5-2-6-15-25/h1-6,8,11-15,17,20-22,30H,7,9-10,16,18-19H2,(H,32,35)(H,33,34). The van der Waals surface area contributed by atoms with Gasteiger partial charge in [0.1, 0.15) is 5.75 Å². The summed E-state index contributed by atoms with van der Waals surface area (Å²) in [5.74, 6) is -0.0329. The summed E-state index contributed by atoms with van der Waals surface area (Å²) >= 11 is 0. The number of pyridine rings is 1. The van der Waals surface area contributed by atoms with Crippen molar-refractivity contribution in [2.75, 3.05) is 6.61 Å². The normalized spacial score (nSPS) is 10.9. The van der Waals surface area contributed by atoms with Crippen molar-refractivity contribution in [1.82, 2.24) is 4.98 Å². The number of aromatic amines is 1. The number of ether oxygens (including phenoxy) is 1. The molecule has 0 saturated carbocycles. The molecule has 0 amide bonds. The van der Waals surface area contributed by atoms with Crippen molar-refractivity contribution in [3.8, 4) is 5.75 Å². The fourth-order valence-electron chi connectivity index (χ4n) is 4.46. The largest absolute Gasteiger partial charge is 0.494 e. The number of carbonyl (C=O) groups is 1. The zero-order chi connectivity index (χ0) is 25.2. The Hall–Kier alpha value is -4.12. The Morgan fingerprint density at radius 1 is 0.806 bits per heavy atom. The molecule has 184 valence electrons. The van der Waals surface area contributed by atoms with Crippen LogP contribution in [0.25, 0.3) is 0 Å². The molecule has 1 aromatic heterocycles. The fourth-order valence-corrected chi connectivity index (χ4v) is 4.46. The van der Waals surface area contributed by atoms with Crippen molar-refractivity contribution in [2.45, 2.75) is 38.0 Å². The molecule has 0 bridgehead atoms. The van der Waals surface area contributed by atoms with E-state index < -0.39 is 5.97 Å². The number of hydrogen-bond acceptors (Lipinski definition) is 3. The quantitative estimate of drug-likeness (QED) is 0.244. The zero-order valence-corrected chi connectivity index (χ0v) is 20.2. The summed E-state index contributed by atoms with van der Waals surface area (Å²) in [6, 6.07) is 30.6. The number of carboxylic acids is 1. The summed E-state index contributed by atoms with van der Waals surface area (Å²) in [6.45, 7) is 0.377. The fraction of sp³-hybridized carbons (Fsp3) is 0.226. The monoisotopic (exact) mass is 481 g/mol. The first-order chi connectivity index (χ1) is 17.6. The third kappa shape index (κ3) is 6.95. The van der Waals surface area contributed by atoms with E-state index in [4.69, 9.17) is 9.84 Å². The highest BCUT2D eigenvalue weighted by Crippen LogP contribution is 2.31. The molecule has 0 radical (unpaired) electrons. The average Bonchev–Trinajstić information content (AvgIpc) is 2.90. The van der Waals surface area contributed by atoms with Crippen LogP contribution in [-0.2, 0) is 17.6 Å². The lowest BCUT2D eigenvalue weighted by atomic mass is 9.85. The second-order valence-corrected chi connectivity index (χ2v) is 8.89. The molecule has 0 spiro atoms. The van der Waals surface area contributed by atoms with Gasteiger partial charge in [0.2, 0.25) is 0 Å². The molecule has 0 aliphatic rings. The van der Waals surface area contributed by atoms with Gasteiger partial charge in [-0.3, -0.25) is 9.59 Å². The van der Waals surface area contributed by atoms with Gasteiger partial charge in [-0.1, -0.05) is 72.8 Å². The Morgan fingerprint density at radius 2 is 1.50 bits per heavy atom. The molecule has 0 aliphatic heterocycles. The van der Waals surface area contributed by atoms with E-state index in [1.54, 1.807) is 0 Å². The van der Waals surface area contributed by atoms with E-state index in [1.807, 2.05) is 72.9 Å². The molecular weight excluding hydrogens is 450 g/mol. The first-order valence-electron chi connectivity index (χ1n) is 12.3. The van der Waals surface area contributed by atoms with Crippen LogP contribution in [0.1, 0.15) is 53.0 Å². The van der Waals surface area contributed by atoms with E-state index in [2.05, 4.69) is 29.2 Å². The Kier molecular flexibility index (Phi) is 8.71. The van der Waals surface area contributed by atoms with E-state index in [-0.39, 0.29) is 17.9 Å². The summed E-state index contributed by atoms with van der Waals surface area (Å²) in [4.78, 5) is 26.3. The summed E-state index contributed by atoms with van der Waals surface area (Å²) < 4.78 is 5.69. The molecule has 2 N–H and O–H groups in total. The van der Waals surface area contributed by atoms with E-state index >= 15 is 0 Å². The molecule has 3 aromatic carbocycles. The van der Waals surface area contributed by atoms with Crippen molar-refractivity contribution >= 4 is 5.97 Å². The van der Waals surface area contributed by atoms with Gasteiger partial charge in [0.15, 0.2) is 0 Å². The van der Waals surface area contributed by atoms with Gasteiger partial charge >= 0.3 is 5.97 Å². The highest BCUT2D eigenvalue weighted by Gasteiger charge is 2.18. The number of carboxylic acid groups (broad SMARTS) is 1. The first-order valence-corrected chi connectivity index (χ1v) is 12.3. The lowest BCUT2D eigenvalue weighted by Gasteiger charge is -2.19. The zero-order valence-electron chi connectivity index (χ0n) is 20.2. The Balaban J connectivity index is 1.44. The van der Waals surface area contributed by atoms with Crippen LogP contribution >= 0.6 is 0 Å². The van der Waals surface area contributed by atoms with Gasteiger partial charge in [0, 0.05) is 24.1 Å². The van der Waals surface area contributed by atoms with E-state index in [1.165, 1.54) is 11.1 Å². The maximum Gasteiger partial charge on any atom is 0.303 e. The number of H-pyrrole nitrogens is 1. The molecular formula is C31H31NO4. The number of benzene rings is 3.